The summed E-state index contributed by atoms with van der Waals surface area (Å²) in [5.41, 5.74) is 1.79. The van der Waals surface area contributed by atoms with Crippen LogP contribution in [0, 0.1) is 11.3 Å². The molecule has 2 fully saturated rings. The van der Waals surface area contributed by atoms with Gasteiger partial charge in [0.2, 0.25) is 11.8 Å². The van der Waals surface area contributed by atoms with Crippen molar-refractivity contribution in [3.8, 4) is 5.75 Å². The molecule has 8 heteroatoms. The smallest absolute Gasteiger partial charge is 0.387 e. The lowest BCUT2D eigenvalue weighted by atomic mass is 9.82. The first kappa shape index (κ1) is 32.5. The Hall–Kier alpha value is -3.00. The van der Waals surface area contributed by atoms with Gasteiger partial charge in [0.05, 0.1) is 6.04 Å². The normalized spacial score (nSPS) is 19.4. The number of ether oxygens (including phenoxy) is 1. The monoisotopic (exact) mass is 571 g/mol. The first-order valence-corrected chi connectivity index (χ1v) is 14.9. The Morgan fingerprint density at radius 2 is 1.56 bits per heavy atom. The maximum absolute atomic E-state index is 13.6. The van der Waals surface area contributed by atoms with Gasteiger partial charge in [-0.1, -0.05) is 77.1 Å². The number of carbonyl (C=O) groups is 2. The molecule has 0 aliphatic carbocycles. The second-order valence-electron chi connectivity index (χ2n) is 11.9. The fraction of sp³-hybridized carbons (Fsp3) is 0.576. The van der Waals surface area contributed by atoms with Gasteiger partial charge in [-0.15, -0.1) is 0 Å². The Morgan fingerprint density at radius 3 is 2.15 bits per heavy atom. The van der Waals surface area contributed by atoms with E-state index in [-0.39, 0.29) is 35.1 Å². The van der Waals surface area contributed by atoms with Crippen LogP contribution in [-0.4, -0.2) is 71.9 Å². The lowest BCUT2D eigenvalue weighted by Crippen LogP contribution is -2.60. The molecule has 2 amide bonds. The zero-order chi connectivity index (χ0) is 30.2. The molecule has 0 radical (unpaired) electrons. The van der Waals surface area contributed by atoms with Crippen molar-refractivity contribution in [3.05, 3.63) is 65.7 Å². The van der Waals surface area contributed by atoms with E-state index in [4.69, 9.17) is 4.74 Å². The first-order chi connectivity index (χ1) is 19.5. The summed E-state index contributed by atoms with van der Waals surface area (Å²) in [4.78, 5) is 31.6. The summed E-state index contributed by atoms with van der Waals surface area (Å²) in [5.74, 6) is 0.712. The number of nitrogens with zero attached hydrogens (tertiary/aromatic N) is 3. The lowest BCUT2D eigenvalue weighted by Gasteiger charge is -2.50. The van der Waals surface area contributed by atoms with Crippen LogP contribution in [0.15, 0.2) is 54.6 Å². The summed E-state index contributed by atoms with van der Waals surface area (Å²) in [5, 5.41) is 0. The van der Waals surface area contributed by atoms with Gasteiger partial charge in [-0.05, 0) is 47.4 Å². The van der Waals surface area contributed by atoms with E-state index in [1.165, 1.54) is 0 Å². The van der Waals surface area contributed by atoms with Crippen LogP contribution in [0.25, 0.3) is 0 Å². The highest BCUT2D eigenvalue weighted by atomic mass is 19.3. The van der Waals surface area contributed by atoms with Crippen LogP contribution in [0.4, 0.5) is 8.78 Å². The number of likely N-dealkylation sites (tertiary alicyclic amines) is 1. The van der Waals surface area contributed by atoms with Crippen molar-refractivity contribution in [2.45, 2.75) is 79.5 Å². The van der Waals surface area contributed by atoms with Crippen LogP contribution in [0.5, 0.6) is 5.75 Å². The van der Waals surface area contributed by atoms with Gasteiger partial charge >= 0.3 is 6.61 Å². The van der Waals surface area contributed by atoms with Gasteiger partial charge in [0, 0.05) is 52.1 Å². The van der Waals surface area contributed by atoms with Gasteiger partial charge < -0.3 is 14.5 Å². The number of alkyl halides is 2. The summed E-state index contributed by atoms with van der Waals surface area (Å²) in [6.07, 6.45) is 2.23. The molecule has 2 aromatic carbocycles. The van der Waals surface area contributed by atoms with Crippen LogP contribution in [-0.2, 0) is 9.59 Å². The van der Waals surface area contributed by atoms with Crippen molar-refractivity contribution in [1.29, 1.82) is 0 Å². The molecule has 0 N–H and O–H groups in total. The fourth-order valence-corrected chi connectivity index (χ4v) is 6.00. The average Bonchev–Trinajstić information content (AvgIpc) is 2.94. The number of amides is 2. The summed E-state index contributed by atoms with van der Waals surface area (Å²) < 4.78 is 30.7. The molecule has 2 aliphatic heterocycles. The number of hydrogen-bond donors (Lipinski definition) is 0. The number of halogens is 2. The molecule has 2 unspecified atom stereocenters. The van der Waals surface area contributed by atoms with Crippen LogP contribution in [0.3, 0.4) is 0 Å². The lowest BCUT2D eigenvalue weighted by molar-refractivity contribution is -0.141. The second-order valence-corrected chi connectivity index (χ2v) is 11.9. The number of piperidine rings is 1. The third-order valence-electron chi connectivity index (χ3n) is 8.13. The number of piperazine rings is 1. The van der Waals surface area contributed by atoms with Crippen molar-refractivity contribution in [3.63, 3.8) is 0 Å². The number of carbonyl (C=O) groups excluding carboxylic acids is 2. The van der Waals surface area contributed by atoms with E-state index in [1.54, 1.807) is 25.1 Å². The molecule has 2 aliphatic rings. The predicted octanol–water partition coefficient (Wildman–Crippen LogP) is 6.61. The molecular formula is C33H47F2N3O3. The van der Waals surface area contributed by atoms with E-state index in [9.17, 15) is 18.4 Å². The van der Waals surface area contributed by atoms with Crippen molar-refractivity contribution in [2.24, 2.45) is 11.3 Å². The number of rotatable bonds is 7. The zero-order valence-corrected chi connectivity index (χ0v) is 25.5. The first-order valence-electron chi connectivity index (χ1n) is 14.9. The van der Waals surface area contributed by atoms with Gasteiger partial charge in [-0.25, -0.2) is 0 Å². The topological polar surface area (TPSA) is 53.1 Å². The highest BCUT2D eigenvalue weighted by Gasteiger charge is 2.40. The Balaban J connectivity index is 0.00000226. The number of hydrogen-bond acceptors (Lipinski definition) is 4. The molecule has 0 saturated carbocycles. The molecule has 0 bridgehead atoms. The van der Waals surface area contributed by atoms with Crippen molar-refractivity contribution in [2.75, 3.05) is 32.7 Å². The predicted molar refractivity (Wildman–Crippen MR) is 159 cm³/mol. The Labute approximate surface area is 244 Å². The largest absolute Gasteiger partial charge is 0.435 e. The molecule has 41 heavy (non-hydrogen) atoms. The minimum Gasteiger partial charge on any atom is -0.435 e. The van der Waals surface area contributed by atoms with Crippen LogP contribution < -0.4 is 4.74 Å². The Kier molecular flexibility index (Phi) is 11.7. The van der Waals surface area contributed by atoms with Gasteiger partial charge in [-0.2, -0.15) is 8.78 Å². The van der Waals surface area contributed by atoms with E-state index in [0.717, 1.165) is 37.1 Å². The summed E-state index contributed by atoms with van der Waals surface area (Å²) in [6, 6.07) is 16.8. The quantitative estimate of drug-likeness (QED) is 0.375. The van der Waals surface area contributed by atoms with Gasteiger partial charge in [0.25, 0.3) is 0 Å². The summed E-state index contributed by atoms with van der Waals surface area (Å²) in [7, 11) is 0. The van der Waals surface area contributed by atoms with E-state index >= 15 is 0 Å². The van der Waals surface area contributed by atoms with Crippen LogP contribution in [0.2, 0.25) is 0 Å². The third-order valence-corrected chi connectivity index (χ3v) is 8.13. The van der Waals surface area contributed by atoms with Gasteiger partial charge in [0.15, 0.2) is 0 Å². The molecule has 2 saturated heterocycles. The average molecular weight is 572 g/mol. The highest BCUT2D eigenvalue weighted by Crippen LogP contribution is 2.37. The molecular weight excluding hydrogens is 524 g/mol. The van der Waals surface area contributed by atoms with Crippen molar-refractivity contribution >= 4 is 11.8 Å². The SMILES string of the molecule is CC.CC(=O)N1CCC(CC(=O)N2CCN(C(c3ccccc3)c3cccc(OC(F)F)c3)CC2C(C)(C)C)CC1. The highest BCUT2D eigenvalue weighted by molar-refractivity contribution is 5.77. The second kappa shape index (κ2) is 14.8. The van der Waals surface area contributed by atoms with E-state index in [2.05, 4.69) is 42.7 Å². The van der Waals surface area contributed by atoms with Crippen molar-refractivity contribution < 1.29 is 23.1 Å². The maximum atomic E-state index is 13.6. The zero-order valence-electron chi connectivity index (χ0n) is 25.5. The molecule has 0 aromatic heterocycles. The van der Waals surface area contributed by atoms with Gasteiger partial charge in [0.1, 0.15) is 5.75 Å². The van der Waals surface area contributed by atoms with Crippen LogP contribution in [0.1, 0.15) is 78.0 Å². The van der Waals surface area contributed by atoms with Gasteiger partial charge in [-0.3, -0.25) is 14.5 Å². The van der Waals surface area contributed by atoms with E-state index < -0.39 is 6.61 Å². The molecule has 2 aromatic rings. The fourth-order valence-electron chi connectivity index (χ4n) is 6.00. The molecule has 4 rings (SSSR count). The van der Waals surface area contributed by atoms with E-state index in [0.29, 0.717) is 32.0 Å². The molecule has 226 valence electrons. The minimum absolute atomic E-state index is 0.0113. The number of benzene rings is 2. The van der Waals surface area contributed by atoms with E-state index in [1.807, 2.05) is 43.0 Å². The van der Waals surface area contributed by atoms with Crippen molar-refractivity contribution in [1.82, 2.24) is 14.7 Å². The molecule has 6 nitrogen and oxygen atoms in total. The molecule has 2 heterocycles. The summed E-state index contributed by atoms with van der Waals surface area (Å²) in [6.45, 7) is 12.6. The van der Waals surface area contributed by atoms with Crippen LogP contribution >= 0.6 is 0 Å². The Bertz CT molecular complexity index is 1110. The standard InChI is InChI=1S/C31H41F2N3O3.C2H6/c1-22(37)34-15-13-23(14-16-34)19-28(38)36-18-17-35(21-27(36)31(2,3)4)29(24-9-6-5-7-10-24)25-11-8-12-26(20-25)39-30(32)33;1-2/h5-12,20,23,27,29-30H,13-19,21H2,1-4H3;1-2H3. The molecule has 0 spiro atoms. The summed E-state index contributed by atoms with van der Waals surface area (Å²) >= 11 is 0. The molecule has 2 atom stereocenters. The maximum Gasteiger partial charge on any atom is 0.387 e. The Morgan fingerprint density at radius 1 is 0.927 bits per heavy atom. The minimum atomic E-state index is -2.88. The third kappa shape index (κ3) is 8.74.